The van der Waals surface area contributed by atoms with Gasteiger partial charge in [0.1, 0.15) is 17.3 Å². The van der Waals surface area contributed by atoms with Crippen LogP contribution in [0.4, 0.5) is 16.8 Å². The zero-order chi connectivity index (χ0) is 18.7. The Kier molecular flexibility index (Phi) is 5.24. The summed E-state index contributed by atoms with van der Waals surface area (Å²) in [4.78, 5) is 20.7. The van der Waals surface area contributed by atoms with Crippen molar-refractivity contribution in [1.29, 1.82) is 0 Å². The van der Waals surface area contributed by atoms with Crippen molar-refractivity contribution >= 4 is 45.6 Å². The molecule has 0 aromatic carbocycles. The topological polar surface area (TPSA) is 92.9 Å². The van der Waals surface area contributed by atoms with Crippen molar-refractivity contribution < 1.29 is 9.32 Å². The minimum Gasteiger partial charge on any atom is -0.359 e. The zero-order valence-electron chi connectivity index (χ0n) is 14.5. The maximum atomic E-state index is 12.3. The van der Waals surface area contributed by atoms with Gasteiger partial charge in [-0.05, 0) is 18.6 Å². The molecule has 0 unspecified atom stereocenters. The average Bonchev–Trinajstić information content (AvgIpc) is 3.25. The summed E-state index contributed by atoms with van der Waals surface area (Å²) in [5.41, 5.74) is 0.135. The molecule has 0 aliphatic rings. The quantitative estimate of drug-likeness (QED) is 0.623. The van der Waals surface area contributed by atoms with Gasteiger partial charge < -0.3 is 15.2 Å². The lowest BCUT2D eigenvalue weighted by molar-refractivity contribution is 0.102. The van der Waals surface area contributed by atoms with Gasteiger partial charge in [0.2, 0.25) is 0 Å². The van der Waals surface area contributed by atoms with Gasteiger partial charge >= 0.3 is 0 Å². The molecule has 2 N–H and O–H groups in total. The second kappa shape index (κ2) is 7.43. The SMILES string of the molecule is CCC(C)(C)c1cc(NC(=O)c2csc(Nc3cc(Cl)ccn3)n2)no1. The summed E-state index contributed by atoms with van der Waals surface area (Å²) in [5, 5.41) is 12.4. The van der Waals surface area contributed by atoms with Crippen molar-refractivity contribution in [3.63, 3.8) is 0 Å². The molecule has 0 bridgehead atoms. The number of carbonyl (C=O) groups is 1. The van der Waals surface area contributed by atoms with Gasteiger partial charge in [-0.15, -0.1) is 11.3 Å². The van der Waals surface area contributed by atoms with Gasteiger partial charge in [-0.3, -0.25) is 4.79 Å². The zero-order valence-corrected chi connectivity index (χ0v) is 16.1. The van der Waals surface area contributed by atoms with E-state index < -0.39 is 0 Å². The fourth-order valence-electron chi connectivity index (χ4n) is 2.03. The van der Waals surface area contributed by atoms with Crippen LogP contribution in [0.3, 0.4) is 0 Å². The summed E-state index contributed by atoms with van der Waals surface area (Å²) in [5.74, 6) is 1.29. The lowest BCUT2D eigenvalue weighted by atomic mass is 9.87. The lowest BCUT2D eigenvalue weighted by Gasteiger charge is -2.17. The third-order valence-corrected chi connectivity index (χ3v) is 4.99. The minimum absolute atomic E-state index is 0.141. The van der Waals surface area contributed by atoms with Crippen molar-refractivity contribution in [1.82, 2.24) is 15.1 Å². The number of rotatable bonds is 6. The summed E-state index contributed by atoms with van der Waals surface area (Å²) >= 11 is 7.22. The fraction of sp³-hybridized carbons (Fsp3) is 0.294. The van der Waals surface area contributed by atoms with Crippen LogP contribution in [-0.4, -0.2) is 21.0 Å². The largest absolute Gasteiger partial charge is 0.359 e. The van der Waals surface area contributed by atoms with Crippen molar-refractivity contribution in [2.45, 2.75) is 32.6 Å². The van der Waals surface area contributed by atoms with Gasteiger partial charge in [0.05, 0.1) is 0 Å². The number of nitrogens with zero attached hydrogens (tertiary/aromatic N) is 3. The molecule has 0 aliphatic carbocycles. The average molecular weight is 392 g/mol. The molecule has 0 saturated carbocycles. The first kappa shape index (κ1) is 18.3. The Labute approximate surface area is 159 Å². The highest BCUT2D eigenvalue weighted by Gasteiger charge is 2.24. The van der Waals surface area contributed by atoms with Gasteiger partial charge in [-0.2, -0.15) is 0 Å². The predicted molar refractivity (Wildman–Crippen MR) is 102 cm³/mol. The maximum Gasteiger partial charge on any atom is 0.276 e. The molecule has 0 saturated heterocycles. The number of hydrogen-bond acceptors (Lipinski definition) is 7. The van der Waals surface area contributed by atoms with Gasteiger partial charge in [-0.25, -0.2) is 9.97 Å². The van der Waals surface area contributed by atoms with E-state index in [0.29, 0.717) is 21.8 Å². The third-order valence-electron chi connectivity index (χ3n) is 4.00. The second-order valence-corrected chi connectivity index (χ2v) is 7.58. The number of pyridine rings is 1. The Balaban J connectivity index is 1.67. The molecule has 3 aromatic heterocycles. The van der Waals surface area contributed by atoms with E-state index in [9.17, 15) is 4.79 Å². The predicted octanol–water partition coefficient (Wildman–Crippen LogP) is 4.86. The number of anilines is 3. The van der Waals surface area contributed by atoms with Crippen LogP contribution in [0.25, 0.3) is 0 Å². The molecule has 1 amide bonds. The van der Waals surface area contributed by atoms with Crippen LogP contribution in [0.1, 0.15) is 43.4 Å². The Bertz CT molecular complexity index is 921. The summed E-state index contributed by atoms with van der Waals surface area (Å²) in [6, 6.07) is 5.09. The van der Waals surface area contributed by atoms with Crippen molar-refractivity contribution in [2.24, 2.45) is 0 Å². The number of carbonyl (C=O) groups excluding carboxylic acids is 1. The molecule has 3 heterocycles. The fourth-order valence-corrected chi connectivity index (χ4v) is 2.88. The standard InChI is InChI=1S/C17H18ClN5O2S/c1-4-17(2,3)12-8-14(23-25-12)21-15(24)11-9-26-16(20-11)22-13-7-10(18)5-6-19-13/h5-9H,4H2,1-3H3,(H,19,20,22)(H,21,23,24). The molecule has 0 spiro atoms. The first-order chi connectivity index (χ1) is 12.4. The van der Waals surface area contributed by atoms with Gasteiger partial charge in [-0.1, -0.05) is 37.5 Å². The van der Waals surface area contributed by atoms with E-state index in [1.807, 2.05) is 0 Å². The number of thiazole rings is 1. The molecule has 0 aliphatic heterocycles. The molecule has 9 heteroatoms. The Morgan fingerprint density at radius 1 is 1.35 bits per heavy atom. The van der Waals surface area contributed by atoms with E-state index in [0.717, 1.165) is 12.2 Å². The highest BCUT2D eigenvalue weighted by Crippen LogP contribution is 2.28. The van der Waals surface area contributed by atoms with E-state index in [2.05, 4.69) is 46.5 Å². The second-order valence-electron chi connectivity index (χ2n) is 6.29. The first-order valence-corrected chi connectivity index (χ1v) is 9.26. The summed E-state index contributed by atoms with van der Waals surface area (Å²) in [6.07, 6.45) is 2.49. The van der Waals surface area contributed by atoms with Crippen LogP contribution in [0.2, 0.25) is 5.02 Å². The van der Waals surface area contributed by atoms with Crippen molar-refractivity contribution in [2.75, 3.05) is 10.6 Å². The van der Waals surface area contributed by atoms with E-state index >= 15 is 0 Å². The highest BCUT2D eigenvalue weighted by atomic mass is 35.5. The number of hydrogen-bond donors (Lipinski definition) is 2. The normalized spacial score (nSPS) is 11.4. The molecule has 0 atom stereocenters. The maximum absolute atomic E-state index is 12.3. The molecule has 3 aromatic rings. The van der Waals surface area contributed by atoms with Crippen LogP contribution in [-0.2, 0) is 5.41 Å². The van der Waals surface area contributed by atoms with Gasteiger partial charge in [0, 0.05) is 28.1 Å². The van der Waals surface area contributed by atoms with Crippen LogP contribution in [0.15, 0.2) is 34.3 Å². The monoisotopic (exact) mass is 391 g/mol. The van der Waals surface area contributed by atoms with Crippen LogP contribution >= 0.6 is 22.9 Å². The third kappa shape index (κ3) is 4.20. The van der Waals surface area contributed by atoms with E-state index in [-0.39, 0.29) is 17.0 Å². The summed E-state index contributed by atoms with van der Waals surface area (Å²) in [6.45, 7) is 6.18. The lowest BCUT2D eigenvalue weighted by Crippen LogP contribution is -2.14. The van der Waals surface area contributed by atoms with Crippen molar-refractivity contribution in [3.8, 4) is 0 Å². The minimum atomic E-state index is -0.359. The summed E-state index contributed by atoms with van der Waals surface area (Å²) < 4.78 is 5.34. The highest BCUT2D eigenvalue weighted by molar-refractivity contribution is 7.14. The van der Waals surface area contributed by atoms with Crippen LogP contribution < -0.4 is 10.6 Å². The number of aromatic nitrogens is 3. The smallest absolute Gasteiger partial charge is 0.276 e. The molecular weight excluding hydrogens is 374 g/mol. The Hall–Kier alpha value is -2.45. The van der Waals surface area contributed by atoms with Crippen molar-refractivity contribution in [3.05, 3.63) is 46.3 Å². The molecule has 7 nitrogen and oxygen atoms in total. The van der Waals surface area contributed by atoms with E-state index in [1.54, 1.807) is 29.8 Å². The molecule has 3 rings (SSSR count). The summed E-state index contributed by atoms with van der Waals surface area (Å²) in [7, 11) is 0. The number of nitrogens with one attached hydrogen (secondary N) is 2. The molecular formula is C17H18ClN5O2S. The first-order valence-electron chi connectivity index (χ1n) is 8.00. The van der Waals surface area contributed by atoms with Gasteiger partial charge in [0.25, 0.3) is 5.91 Å². The molecule has 136 valence electrons. The number of halogens is 1. The Morgan fingerprint density at radius 3 is 2.88 bits per heavy atom. The molecule has 0 radical (unpaired) electrons. The van der Waals surface area contributed by atoms with E-state index in [1.165, 1.54) is 11.3 Å². The van der Waals surface area contributed by atoms with E-state index in [4.69, 9.17) is 16.1 Å². The number of amides is 1. The van der Waals surface area contributed by atoms with Crippen LogP contribution in [0.5, 0.6) is 0 Å². The van der Waals surface area contributed by atoms with Gasteiger partial charge in [0.15, 0.2) is 10.9 Å². The molecule has 26 heavy (non-hydrogen) atoms. The van der Waals surface area contributed by atoms with Crippen LogP contribution in [0, 0.1) is 0 Å². The Morgan fingerprint density at radius 2 is 2.15 bits per heavy atom. The molecule has 0 fully saturated rings.